The molecule has 0 aliphatic carbocycles. The first-order valence-corrected chi connectivity index (χ1v) is 8.61. The Bertz CT molecular complexity index is 820. The van der Waals surface area contributed by atoms with Crippen LogP contribution in [0.3, 0.4) is 0 Å². The van der Waals surface area contributed by atoms with Gasteiger partial charge in [-0.1, -0.05) is 39.0 Å². The fourth-order valence-corrected chi connectivity index (χ4v) is 3.13. The summed E-state index contributed by atoms with van der Waals surface area (Å²) in [6.07, 6.45) is 0. The molecule has 5 nitrogen and oxygen atoms in total. The Morgan fingerprint density at radius 1 is 1.04 bits per heavy atom. The zero-order chi connectivity index (χ0) is 17.3. The summed E-state index contributed by atoms with van der Waals surface area (Å²) < 4.78 is 27.3. The van der Waals surface area contributed by atoms with Gasteiger partial charge in [0.2, 0.25) is 5.91 Å². The molecule has 2 rings (SSSR count). The minimum atomic E-state index is -3.72. The number of hydrogen-bond donors (Lipinski definition) is 2. The zero-order valence-electron chi connectivity index (χ0n) is 13.3. The quantitative estimate of drug-likeness (QED) is 0.902. The van der Waals surface area contributed by atoms with Gasteiger partial charge in [0.15, 0.2) is 0 Å². The van der Waals surface area contributed by atoms with E-state index >= 15 is 0 Å². The molecule has 0 aliphatic rings. The first kappa shape index (κ1) is 17.0. The van der Waals surface area contributed by atoms with Gasteiger partial charge in [-0.3, -0.25) is 9.52 Å². The molecule has 3 N–H and O–H groups in total. The normalized spacial score (nSPS) is 12.0. The lowest BCUT2D eigenvalue weighted by Crippen LogP contribution is -2.16. The Hall–Kier alpha value is -2.34. The number of carbonyl (C=O) groups excluding carboxylic acids is 1. The molecule has 0 saturated heterocycles. The second-order valence-electron chi connectivity index (χ2n) is 6.32. The number of sulfonamides is 1. The summed E-state index contributed by atoms with van der Waals surface area (Å²) >= 11 is 0. The predicted molar refractivity (Wildman–Crippen MR) is 90.9 cm³/mol. The Morgan fingerprint density at radius 2 is 1.65 bits per heavy atom. The van der Waals surface area contributed by atoms with E-state index in [1.807, 2.05) is 0 Å². The van der Waals surface area contributed by atoms with Crippen molar-refractivity contribution in [3.63, 3.8) is 0 Å². The third-order valence-corrected chi connectivity index (χ3v) is 4.83. The molecular weight excluding hydrogens is 312 g/mol. The van der Waals surface area contributed by atoms with Gasteiger partial charge < -0.3 is 5.73 Å². The number of benzene rings is 2. The van der Waals surface area contributed by atoms with Crippen molar-refractivity contribution in [3.8, 4) is 0 Å². The molecule has 0 saturated carbocycles. The van der Waals surface area contributed by atoms with Crippen molar-refractivity contribution in [3.05, 3.63) is 59.7 Å². The van der Waals surface area contributed by atoms with Gasteiger partial charge in [-0.2, -0.15) is 0 Å². The molecule has 6 heteroatoms. The molecular formula is C17H20N2O3S. The molecule has 0 fully saturated rings. The van der Waals surface area contributed by atoms with Crippen LogP contribution in [0.5, 0.6) is 0 Å². The number of nitrogens with two attached hydrogens (primary N) is 1. The summed E-state index contributed by atoms with van der Waals surface area (Å²) in [6.45, 7) is 6.18. The van der Waals surface area contributed by atoms with Crippen LogP contribution in [0.4, 0.5) is 5.69 Å². The number of carbonyl (C=O) groups is 1. The molecule has 1 amide bonds. The Kier molecular flexibility index (Phi) is 4.47. The van der Waals surface area contributed by atoms with Gasteiger partial charge in [-0.25, -0.2) is 8.42 Å². The Balaban J connectivity index is 2.29. The van der Waals surface area contributed by atoms with Crippen molar-refractivity contribution in [2.45, 2.75) is 31.1 Å². The molecule has 23 heavy (non-hydrogen) atoms. The third-order valence-electron chi connectivity index (χ3n) is 3.43. The zero-order valence-corrected chi connectivity index (χ0v) is 14.1. The lowest BCUT2D eigenvalue weighted by atomic mass is 9.87. The molecule has 0 radical (unpaired) electrons. The van der Waals surface area contributed by atoms with Crippen LogP contribution in [0.25, 0.3) is 0 Å². The molecule has 2 aromatic rings. The van der Waals surface area contributed by atoms with Crippen molar-refractivity contribution in [1.29, 1.82) is 0 Å². The number of nitrogens with one attached hydrogen (secondary N) is 1. The van der Waals surface area contributed by atoms with E-state index < -0.39 is 15.9 Å². The first-order valence-electron chi connectivity index (χ1n) is 7.13. The minimum Gasteiger partial charge on any atom is -0.366 e. The largest absolute Gasteiger partial charge is 0.366 e. The molecule has 2 aromatic carbocycles. The minimum absolute atomic E-state index is 0.0501. The van der Waals surface area contributed by atoms with Crippen molar-refractivity contribution in [2.75, 3.05) is 4.72 Å². The molecule has 0 spiro atoms. The van der Waals surface area contributed by atoms with Crippen molar-refractivity contribution < 1.29 is 13.2 Å². The molecule has 0 unspecified atom stereocenters. The van der Waals surface area contributed by atoms with E-state index in [1.165, 1.54) is 12.1 Å². The van der Waals surface area contributed by atoms with E-state index in [1.54, 1.807) is 36.4 Å². The highest BCUT2D eigenvalue weighted by Gasteiger charge is 2.18. The second-order valence-corrected chi connectivity index (χ2v) is 8.01. The topological polar surface area (TPSA) is 89.3 Å². The maximum absolute atomic E-state index is 12.4. The van der Waals surface area contributed by atoms with E-state index in [4.69, 9.17) is 5.73 Å². The first-order chi connectivity index (χ1) is 10.6. The van der Waals surface area contributed by atoms with Crippen LogP contribution in [0.2, 0.25) is 0 Å². The Labute approximate surface area is 136 Å². The van der Waals surface area contributed by atoms with Gasteiger partial charge >= 0.3 is 0 Å². The number of anilines is 1. The van der Waals surface area contributed by atoms with Crippen LogP contribution in [-0.4, -0.2) is 14.3 Å². The monoisotopic (exact) mass is 332 g/mol. The number of amides is 1. The van der Waals surface area contributed by atoms with E-state index in [-0.39, 0.29) is 15.9 Å². The third kappa shape index (κ3) is 4.10. The number of rotatable bonds is 4. The average Bonchev–Trinajstić information content (AvgIpc) is 2.46. The molecule has 0 atom stereocenters. The van der Waals surface area contributed by atoms with Gasteiger partial charge in [0.25, 0.3) is 10.0 Å². The van der Waals surface area contributed by atoms with Crippen LogP contribution < -0.4 is 10.5 Å². The number of primary amides is 1. The van der Waals surface area contributed by atoms with Gasteiger partial charge in [0, 0.05) is 11.3 Å². The van der Waals surface area contributed by atoms with Gasteiger partial charge in [-0.05, 0) is 41.3 Å². The fourth-order valence-electron chi connectivity index (χ4n) is 2.08. The molecule has 0 aromatic heterocycles. The van der Waals surface area contributed by atoms with Gasteiger partial charge in [-0.15, -0.1) is 0 Å². The second kappa shape index (κ2) is 6.04. The van der Waals surface area contributed by atoms with Crippen LogP contribution >= 0.6 is 0 Å². The summed E-state index contributed by atoms with van der Waals surface area (Å²) in [5, 5.41) is 0. The lowest BCUT2D eigenvalue weighted by molar-refractivity contribution is 0.100. The number of hydrogen-bond acceptors (Lipinski definition) is 3. The van der Waals surface area contributed by atoms with Gasteiger partial charge in [0.1, 0.15) is 0 Å². The van der Waals surface area contributed by atoms with E-state index in [0.717, 1.165) is 5.56 Å². The Morgan fingerprint density at radius 3 is 2.17 bits per heavy atom. The van der Waals surface area contributed by atoms with Crippen LogP contribution in [-0.2, 0) is 15.4 Å². The van der Waals surface area contributed by atoms with Crippen LogP contribution in [0.1, 0.15) is 36.7 Å². The SMILES string of the molecule is CC(C)(C)c1ccc(S(=O)(=O)Nc2cccc(C(N)=O)c2)cc1. The van der Waals surface area contributed by atoms with E-state index in [0.29, 0.717) is 5.69 Å². The van der Waals surface area contributed by atoms with Crippen LogP contribution in [0, 0.1) is 0 Å². The fraction of sp³-hybridized carbons (Fsp3) is 0.235. The van der Waals surface area contributed by atoms with Gasteiger partial charge in [0.05, 0.1) is 4.90 Å². The summed E-state index contributed by atoms with van der Waals surface area (Å²) in [4.78, 5) is 11.3. The lowest BCUT2D eigenvalue weighted by Gasteiger charge is -2.19. The summed E-state index contributed by atoms with van der Waals surface area (Å²) in [5.41, 5.74) is 6.73. The predicted octanol–water partition coefficient (Wildman–Crippen LogP) is 2.88. The van der Waals surface area contributed by atoms with E-state index in [2.05, 4.69) is 25.5 Å². The summed E-state index contributed by atoms with van der Waals surface area (Å²) in [5.74, 6) is -0.611. The van der Waals surface area contributed by atoms with Crippen molar-refractivity contribution in [2.24, 2.45) is 5.73 Å². The highest BCUT2D eigenvalue weighted by atomic mass is 32.2. The highest BCUT2D eigenvalue weighted by molar-refractivity contribution is 7.92. The van der Waals surface area contributed by atoms with Crippen molar-refractivity contribution in [1.82, 2.24) is 0 Å². The highest BCUT2D eigenvalue weighted by Crippen LogP contribution is 2.24. The average molecular weight is 332 g/mol. The molecule has 122 valence electrons. The molecule has 0 heterocycles. The molecule has 0 bridgehead atoms. The standard InChI is InChI=1S/C17H20N2O3S/c1-17(2,3)13-7-9-15(10-8-13)23(21,22)19-14-6-4-5-12(11-14)16(18)20/h4-11,19H,1-3H3,(H2,18,20). The van der Waals surface area contributed by atoms with Crippen molar-refractivity contribution >= 4 is 21.6 Å². The maximum atomic E-state index is 12.4. The maximum Gasteiger partial charge on any atom is 0.261 e. The van der Waals surface area contributed by atoms with E-state index in [9.17, 15) is 13.2 Å². The smallest absolute Gasteiger partial charge is 0.261 e. The molecule has 0 aliphatic heterocycles. The summed E-state index contributed by atoms with van der Waals surface area (Å²) in [6, 6.07) is 12.8. The summed E-state index contributed by atoms with van der Waals surface area (Å²) in [7, 11) is -3.72. The van der Waals surface area contributed by atoms with Crippen LogP contribution in [0.15, 0.2) is 53.4 Å².